The van der Waals surface area contributed by atoms with Gasteiger partial charge < -0.3 is 0 Å². The van der Waals surface area contributed by atoms with E-state index < -0.39 is 0 Å². The van der Waals surface area contributed by atoms with Crippen LogP contribution in [-0.4, -0.2) is 9.97 Å². The summed E-state index contributed by atoms with van der Waals surface area (Å²) < 4.78 is 0. The molecule has 1 heterocycles. The second kappa shape index (κ2) is 4.97. The molecule has 1 aromatic heterocycles. The Kier molecular flexibility index (Phi) is 3.40. The van der Waals surface area contributed by atoms with E-state index in [4.69, 9.17) is 16.9 Å². The fourth-order valence-corrected chi connectivity index (χ4v) is 2.18. The van der Waals surface area contributed by atoms with Crippen molar-refractivity contribution in [3.8, 4) is 6.07 Å². The predicted molar refractivity (Wildman–Crippen MR) is 62.3 cm³/mol. The molecule has 0 aliphatic rings. The number of halogens is 1. The number of benzene rings is 1. The molecule has 0 saturated heterocycles. The summed E-state index contributed by atoms with van der Waals surface area (Å²) in [5.74, 6) is 0. The second-order valence-corrected chi connectivity index (χ2v) is 4.40. The summed E-state index contributed by atoms with van der Waals surface area (Å²) in [6.07, 6.45) is 4.93. The first kappa shape index (κ1) is 10.9. The van der Waals surface area contributed by atoms with Crippen molar-refractivity contribution in [3.05, 3.63) is 47.4 Å². The lowest BCUT2D eigenvalue weighted by Gasteiger charge is -2.01. The van der Waals surface area contributed by atoms with Gasteiger partial charge in [-0.15, -0.1) is 0 Å². The molecule has 16 heavy (non-hydrogen) atoms. The molecule has 0 spiro atoms. The molecule has 0 N–H and O–H groups in total. The van der Waals surface area contributed by atoms with Gasteiger partial charge in [0.2, 0.25) is 0 Å². The second-order valence-electron chi connectivity index (χ2n) is 2.90. The fourth-order valence-electron chi connectivity index (χ4n) is 1.11. The zero-order chi connectivity index (χ0) is 11.4. The van der Waals surface area contributed by atoms with Crippen LogP contribution in [0.1, 0.15) is 5.56 Å². The topological polar surface area (TPSA) is 49.6 Å². The van der Waals surface area contributed by atoms with Gasteiger partial charge in [-0.1, -0.05) is 23.4 Å². The first-order chi connectivity index (χ1) is 7.79. The normalized spacial score (nSPS) is 9.75. The van der Waals surface area contributed by atoms with Gasteiger partial charge in [0.05, 0.1) is 16.8 Å². The standard InChI is InChI=1S/C11H6ClN3S/c12-10-5-9(2-1-8(10)6-13)16-11-7-14-3-4-15-11/h1-5,7H. The third kappa shape index (κ3) is 2.51. The first-order valence-corrected chi connectivity index (χ1v) is 5.62. The van der Waals surface area contributed by atoms with E-state index in [1.807, 2.05) is 12.1 Å². The number of aromatic nitrogens is 2. The number of nitriles is 1. The molecule has 0 fully saturated rings. The third-order valence-corrected chi connectivity index (χ3v) is 3.05. The van der Waals surface area contributed by atoms with E-state index in [-0.39, 0.29) is 0 Å². The van der Waals surface area contributed by atoms with E-state index in [2.05, 4.69) is 9.97 Å². The Balaban J connectivity index is 2.24. The number of nitrogens with zero attached hydrogens (tertiary/aromatic N) is 3. The summed E-state index contributed by atoms with van der Waals surface area (Å²) >= 11 is 7.38. The zero-order valence-corrected chi connectivity index (χ0v) is 9.66. The monoisotopic (exact) mass is 247 g/mol. The molecule has 0 unspecified atom stereocenters. The molecule has 0 bridgehead atoms. The molecule has 78 valence electrons. The average molecular weight is 248 g/mol. The number of hydrogen-bond acceptors (Lipinski definition) is 4. The zero-order valence-electron chi connectivity index (χ0n) is 8.09. The molecule has 0 radical (unpaired) electrons. The maximum atomic E-state index is 8.74. The minimum Gasteiger partial charge on any atom is -0.260 e. The van der Waals surface area contributed by atoms with Gasteiger partial charge in [-0.25, -0.2) is 4.98 Å². The highest BCUT2D eigenvalue weighted by Crippen LogP contribution is 2.28. The van der Waals surface area contributed by atoms with Crippen molar-refractivity contribution >= 4 is 23.4 Å². The number of hydrogen-bond donors (Lipinski definition) is 0. The minimum absolute atomic E-state index is 0.455. The van der Waals surface area contributed by atoms with Crippen LogP contribution in [0.25, 0.3) is 0 Å². The van der Waals surface area contributed by atoms with Crippen molar-refractivity contribution in [1.82, 2.24) is 9.97 Å². The molecular formula is C11H6ClN3S. The summed E-state index contributed by atoms with van der Waals surface area (Å²) in [6.45, 7) is 0. The first-order valence-electron chi connectivity index (χ1n) is 4.43. The van der Waals surface area contributed by atoms with Crippen LogP contribution in [0.5, 0.6) is 0 Å². The van der Waals surface area contributed by atoms with Crippen LogP contribution in [-0.2, 0) is 0 Å². The summed E-state index contributed by atoms with van der Waals surface area (Å²) in [6, 6.07) is 7.30. The summed E-state index contributed by atoms with van der Waals surface area (Å²) in [4.78, 5) is 9.04. The molecule has 2 aromatic rings. The smallest absolute Gasteiger partial charge is 0.119 e. The Hall–Kier alpha value is -1.57. The van der Waals surface area contributed by atoms with Gasteiger partial charge in [0.15, 0.2) is 0 Å². The lowest BCUT2D eigenvalue weighted by Crippen LogP contribution is -1.82. The van der Waals surface area contributed by atoms with Crippen LogP contribution >= 0.6 is 23.4 Å². The molecule has 1 aromatic carbocycles. The van der Waals surface area contributed by atoms with Crippen LogP contribution in [0.3, 0.4) is 0 Å². The Bertz CT molecular complexity index is 537. The van der Waals surface area contributed by atoms with Gasteiger partial charge in [-0.05, 0) is 18.2 Å². The van der Waals surface area contributed by atoms with E-state index in [0.29, 0.717) is 10.6 Å². The highest BCUT2D eigenvalue weighted by molar-refractivity contribution is 7.99. The largest absolute Gasteiger partial charge is 0.260 e. The van der Waals surface area contributed by atoms with Gasteiger partial charge >= 0.3 is 0 Å². The SMILES string of the molecule is N#Cc1ccc(Sc2cnccn2)cc1Cl. The van der Waals surface area contributed by atoms with Crippen LogP contribution in [0, 0.1) is 11.3 Å². The lowest BCUT2D eigenvalue weighted by molar-refractivity contribution is 1.05. The predicted octanol–water partition coefficient (Wildman–Crippen LogP) is 3.15. The quantitative estimate of drug-likeness (QED) is 0.818. The van der Waals surface area contributed by atoms with E-state index in [1.165, 1.54) is 11.8 Å². The van der Waals surface area contributed by atoms with Gasteiger partial charge in [-0.2, -0.15) is 5.26 Å². The molecule has 0 aliphatic carbocycles. The van der Waals surface area contributed by atoms with Crippen molar-refractivity contribution in [1.29, 1.82) is 5.26 Å². The van der Waals surface area contributed by atoms with Gasteiger partial charge in [0, 0.05) is 17.3 Å². The van der Waals surface area contributed by atoms with E-state index >= 15 is 0 Å². The highest BCUT2D eigenvalue weighted by atomic mass is 35.5. The molecule has 0 atom stereocenters. The van der Waals surface area contributed by atoms with Crippen LogP contribution in [0.2, 0.25) is 5.02 Å². The summed E-state index contributed by atoms with van der Waals surface area (Å²) in [5, 5.41) is 9.99. The van der Waals surface area contributed by atoms with Gasteiger partial charge in [0.1, 0.15) is 11.1 Å². The maximum Gasteiger partial charge on any atom is 0.119 e. The Morgan fingerprint density at radius 2 is 2.19 bits per heavy atom. The third-order valence-electron chi connectivity index (χ3n) is 1.82. The van der Waals surface area contributed by atoms with Crippen molar-refractivity contribution in [2.75, 3.05) is 0 Å². The highest BCUT2D eigenvalue weighted by Gasteiger charge is 2.03. The molecule has 0 aliphatic heterocycles. The van der Waals surface area contributed by atoms with E-state index in [9.17, 15) is 0 Å². The van der Waals surface area contributed by atoms with E-state index in [1.54, 1.807) is 30.7 Å². The molecular weight excluding hydrogens is 242 g/mol. The van der Waals surface area contributed by atoms with Crippen LogP contribution in [0.4, 0.5) is 0 Å². The average Bonchev–Trinajstić information content (AvgIpc) is 2.31. The molecule has 0 saturated carbocycles. The Morgan fingerprint density at radius 3 is 2.81 bits per heavy atom. The maximum absolute atomic E-state index is 8.74. The van der Waals surface area contributed by atoms with Crippen LogP contribution < -0.4 is 0 Å². The minimum atomic E-state index is 0.455. The lowest BCUT2D eigenvalue weighted by atomic mass is 10.2. The van der Waals surface area contributed by atoms with Crippen molar-refractivity contribution in [3.63, 3.8) is 0 Å². The molecule has 3 nitrogen and oxygen atoms in total. The van der Waals surface area contributed by atoms with Crippen LogP contribution in [0.15, 0.2) is 46.7 Å². The summed E-state index contributed by atoms with van der Waals surface area (Å²) in [7, 11) is 0. The molecule has 0 amide bonds. The summed E-state index contributed by atoms with van der Waals surface area (Å²) in [5.41, 5.74) is 0.477. The molecule has 2 rings (SSSR count). The van der Waals surface area contributed by atoms with Gasteiger partial charge in [0.25, 0.3) is 0 Å². The van der Waals surface area contributed by atoms with Crippen molar-refractivity contribution in [2.45, 2.75) is 9.92 Å². The Morgan fingerprint density at radius 1 is 1.31 bits per heavy atom. The number of rotatable bonds is 2. The van der Waals surface area contributed by atoms with E-state index in [0.717, 1.165) is 9.92 Å². The molecule has 5 heteroatoms. The fraction of sp³-hybridized carbons (Fsp3) is 0. The Labute approximate surface area is 102 Å². The van der Waals surface area contributed by atoms with Crippen molar-refractivity contribution < 1.29 is 0 Å². The van der Waals surface area contributed by atoms with Crippen molar-refractivity contribution in [2.24, 2.45) is 0 Å². The van der Waals surface area contributed by atoms with Gasteiger partial charge in [-0.3, -0.25) is 4.98 Å².